The quantitative estimate of drug-likeness (QED) is 0.889. The highest BCUT2D eigenvalue weighted by molar-refractivity contribution is 5.48. The molecule has 0 aromatic heterocycles. The fourth-order valence-corrected chi connectivity index (χ4v) is 3.20. The van der Waals surface area contributed by atoms with Gasteiger partial charge in [-0.2, -0.15) is 0 Å². The fraction of sp³-hybridized carbons (Fsp3) is 0.647. The summed E-state index contributed by atoms with van der Waals surface area (Å²) in [6, 6.07) is 8.94. The first kappa shape index (κ1) is 14.8. The minimum absolute atomic E-state index is 0.00491. The second-order valence-electron chi connectivity index (χ2n) is 6.43. The van der Waals surface area contributed by atoms with E-state index in [1.54, 1.807) is 0 Å². The van der Waals surface area contributed by atoms with Crippen LogP contribution in [-0.4, -0.2) is 62.6 Å². The molecule has 0 unspecified atom stereocenters. The van der Waals surface area contributed by atoms with Crippen molar-refractivity contribution >= 4 is 5.69 Å². The van der Waals surface area contributed by atoms with E-state index in [1.807, 2.05) is 0 Å². The second-order valence-corrected chi connectivity index (χ2v) is 6.43. The van der Waals surface area contributed by atoms with Crippen molar-refractivity contribution in [3.05, 3.63) is 29.8 Å². The molecule has 0 atom stereocenters. The largest absolute Gasteiger partial charge is 0.396 e. The van der Waals surface area contributed by atoms with Crippen LogP contribution >= 0.6 is 0 Å². The van der Waals surface area contributed by atoms with Crippen LogP contribution in [0.25, 0.3) is 0 Å². The highest BCUT2D eigenvalue weighted by Crippen LogP contribution is 2.28. The van der Waals surface area contributed by atoms with Gasteiger partial charge < -0.3 is 14.7 Å². The molecular formula is C17H26N2O2. The average molecular weight is 290 g/mol. The van der Waals surface area contributed by atoms with Crippen LogP contribution in [0.5, 0.6) is 0 Å². The number of hydrogen-bond donors (Lipinski definition) is 1. The standard InChI is InChI=1S/C17H26N2O2/c1-2-15-3-5-16(6-4-15)19-9-7-18(8-10-19)11-17(12-20)13-21-14-17/h3-6,20H,2,7-14H2,1H3. The normalized spacial score (nSPS) is 22.1. The minimum atomic E-state index is 0.00491. The summed E-state index contributed by atoms with van der Waals surface area (Å²) in [5, 5.41) is 9.53. The van der Waals surface area contributed by atoms with Crippen LogP contribution in [0.15, 0.2) is 24.3 Å². The molecule has 0 amide bonds. The molecule has 0 aliphatic carbocycles. The molecule has 2 aliphatic heterocycles. The van der Waals surface area contributed by atoms with E-state index in [4.69, 9.17) is 4.74 Å². The van der Waals surface area contributed by atoms with E-state index in [9.17, 15) is 5.11 Å². The number of nitrogens with zero attached hydrogens (tertiary/aromatic N) is 2. The Kier molecular flexibility index (Phi) is 4.48. The molecule has 0 spiro atoms. The number of aliphatic hydroxyl groups is 1. The third-order valence-electron chi connectivity index (χ3n) is 4.79. The zero-order valence-electron chi connectivity index (χ0n) is 12.9. The number of aliphatic hydroxyl groups excluding tert-OH is 1. The molecule has 2 aliphatic rings. The van der Waals surface area contributed by atoms with Crippen molar-refractivity contribution in [2.75, 3.05) is 57.4 Å². The van der Waals surface area contributed by atoms with Gasteiger partial charge in [-0.25, -0.2) is 0 Å². The fourth-order valence-electron chi connectivity index (χ4n) is 3.20. The summed E-state index contributed by atoms with van der Waals surface area (Å²) in [5.74, 6) is 0. The van der Waals surface area contributed by atoms with Gasteiger partial charge in [0.25, 0.3) is 0 Å². The monoisotopic (exact) mass is 290 g/mol. The van der Waals surface area contributed by atoms with Gasteiger partial charge in [-0.3, -0.25) is 4.90 Å². The van der Waals surface area contributed by atoms with Crippen molar-refractivity contribution in [3.8, 4) is 0 Å². The van der Waals surface area contributed by atoms with E-state index in [0.29, 0.717) is 13.2 Å². The van der Waals surface area contributed by atoms with Crippen molar-refractivity contribution in [2.24, 2.45) is 5.41 Å². The predicted molar refractivity (Wildman–Crippen MR) is 84.8 cm³/mol. The first-order valence-electron chi connectivity index (χ1n) is 7.99. The first-order chi connectivity index (χ1) is 10.2. The van der Waals surface area contributed by atoms with Gasteiger partial charge in [0, 0.05) is 38.4 Å². The Labute approximate surface area is 127 Å². The molecule has 1 aromatic rings. The minimum Gasteiger partial charge on any atom is -0.396 e. The highest BCUT2D eigenvalue weighted by Gasteiger charge is 2.40. The van der Waals surface area contributed by atoms with Gasteiger partial charge in [0.2, 0.25) is 0 Å². The number of hydrogen-bond acceptors (Lipinski definition) is 4. The van der Waals surface area contributed by atoms with Crippen LogP contribution in [0.4, 0.5) is 5.69 Å². The maximum Gasteiger partial charge on any atom is 0.0579 e. The SMILES string of the molecule is CCc1ccc(N2CCN(CC3(CO)COC3)CC2)cc1. The third-order valence-corrected chi connectivity index (χ3v) is 4.79. The lowest BCUT2D eigenvalue weighted by Gasteiger charge is -2.45. The molecule has 0 bridgehead atoms. The molecule has 1 N–H and O–H groups in total. The van der Waals surface area contributed by atoms with Gasteiger partial charge >= 0.3 is 0 Å². The third kappa shape index (κ3) is 3.23. The van der Waals surface area contributed by atoms with Gasteiger partial charge in [-0.05, 0) is 24.1 Å². The maximum atomic E-state index is 9.53. The number of piperazine rings is 1. The van der Waals surface area contributed by atoms with Crippen LogP contribution in [0.2, 0.25) is 0 Å². The van der Waals surface area contributed by atoms with Crippen LogP contribution < -0.4 is 4.90 Å². The van der Waals surface area contributed by atoms with E-state index in [1.165, 1.54) is 11.3 Å². The van der Waals surface area contributed by atoms with Gasteiger partial charge in [0.1, 0.15) is 0 Å². The number of rotatable bonds is 5. The maximum absolute atomic E-state index is 9.53. The Morgan fingerprint density at radius 1 is 1.10 bits per heavy atom. The number of anilines is 1. The Balaban J connectivity index is 1.52. The van der Waals surface area contributed by atoms with Gasteiger partial charge in [-0.15, -0.1) is 0 Å². The Morgan fingerprint density at radius 2 is 1.76 bits per heavy atom. The van der Waals surface area contributed by atoms with Crippen molar-refractivity contribution in [1.29, 1.82) is 0 Å². The number of ether oxygens (including phenoxy) is 1. The molecule has 1 aromatic carbocycles. The molecule has 21 heavy (non-hydrogen) atoms. The molecule has 2 heterocycles. The summed E-state index contributed by atoms with van der Waals surface area (Å²) in [6.45, 7) is 9.08. The Hall–Kier alpha value is -1.10. The van der Waals surface area contributed by atoms with Crippen molar-refractivity contribution < 1.29 is 9.84 Å². The number of aryl methyl sites for hydroxylation is 1. The van der Waals surface area contributed by atoms with E-state index < -0.39 is 0 Å². The Morgan fingerprint density at radius 3 is 2.24 bits per heavy atom. The molecule has 116 valence electrons. The van der Waals surface area contributed by atoms with Crippen LogP contribution in [0.3, 0.4) is 0 Å². The summed E-state index contributed by atoms with van der Waals surface area (Å²) < 4.78 is 5.29. The van der Waals surface area contributed by atoms with Crippen molar-refractivity contribution in [1.82, 2.24) is 4.90 Å². The first-order valence-corrected chi connectivity index (χ1v) is 7.99. The number of benzene rings is 1. The summed E-state index contributed by atoms with van der Waals surface area (Å²) >= 11 is 0. The zero-order chi connectivity index (χ0) is 14.7. The lowest BCUT2D eigenvalue weighted by molar-refractivity contribution is -0.148. The second kappa shape index (κ2) is 6.34. The average Bonchev–Trinajstić information content (AvgIpc) is 2.52. The lowest BCUT2D eigenvalue weighted by atomic mass is 9.86. The molecule has 4 heteroatoms. The van der Waals surface area contributed by atoms with Crippen LogP contribution in [0.1, 0.15) is 12.5 Å². The zero-order valence-corrected chi connectivity index (χ0v) is 12.9. The molecule has 0 saturated carbocycles. The van der Waals surface area contributed by atoms with Crippen molar-refractivity contribution in [2.45, 2.75) is 13.3 Å². The van der Waals surface area contributed by atoms with E-state index in [-0.39, 0.29) is 12.0 Å². The molecule has 2 fully saturated rings. The van der Waals surface area contributed by atoms with Gasteiger partial charge in [0.15, 0.2) is 0 Å². The lowest BCUT2D eigenvalue weighted by Crippen LogP contribution is -2.57. The smallest absolute Gasteiger partial charge is 0.0579 e. The summed E-state index contributed by atoms with van der Waals surface area (Å²) in [5.41, 5.74) is 2.73. The van der Waals surface area contributed by atoms with Gasteiger partial charge in [0.05, 0.1) is 25.2 Å². The predicted octanol–water partition coefficient (Wildman–Crippen LogP) is 1.38. The molecule has 2 saturated heterocycles. The summed E-state index contributed by atoms with van der Waals surface area (Å²) in [7, 11) is 0. The topological polar surface area (TPSA) is 35.9 Å². The summed E-state index contributed by atoms with van der Waals surface area (Å²) in [4.78, 5) is 4.93. The van der Waals surface area contributed by atoms with E-state index in [2.05, 4.69) is 41.0 Å². The van der Waals surface area contributed by atoms with Gasteiger partial charge in [-0.1, -0.05) is 19.1 Å². The molecule has 3 rings (SSSR count). The summed E-state index contributed by atoms with van der Waals surface area (Å²) in [6.07, 6.45) is 1.10. The van der Waals surface area contributed by atoms with Crippen LogP contribution in [-0.2, 0) is 11.2 Å². The molecule has 4 nitrogen and oxygen atoms in total. The van der Waals surface area contributed by atoms with E-state index in [0.717, 1.165) is 39.1 Å². The van der Waals surface area contributed by atoms with Crippen molar-refractivity contribution in [3.63, 3.8) is 0 Å². The van der Waals surface area contributed by atoms with E-state index >= 15 is 0 Å². The highest BCUT2D eigenvalue weighted by atomic mass is 16.5. The Bertz CT molecular complexity index is 443. The van der Waals surface area contributed by atoms with Crippen LogP contribution in [0, 0.1) is 5.41 Å². The molecular weight excluding hydrogens is 264 g/mol. The molecule has 0 radical (unpaired) electrons.